The molecule has 16 heavy (non-hydrogen) atoms. The third-order valence-corrected chi connectivity index (χ3v) is 4.12. The summed E-state index contributed by atoms with van der Waals surface area (Å²) in [6, 6.07) is 1.86. The van der Waals surface area contributed by atoms with E-state index in [1.807, 2.05) is 0 Å². The van der Waals surface area contributed by atoms with Crippen molar-refractivity contribution in [3.8, 4) is 0 Å². The fourth-order valence-corrected chi connectivity index (χ4v) is 3.30. The molecule has 3 N–H and O–H groups in total. The fraction of sp³-hybridized carbons (Fsp3) is 0.636. The normalized spacial score (nSPS) is 36.1. The summed E-state index contributed by atoms with van der Waals surface area (Å²) >= 11 is 0. The average molecular weight is 221 g/mol. The van der Waals surface area contributed by atoms with Crippen molar-refractivity contribution in [2.75, 3.05) is 12.3 Å². The van der Waals surface area contributed by atoms with Crippen molar-refractivity contribution in [1.82, 2.24) is 9.55 Å². The molecule has 0 saturated heterocycles. The lowest BCUT2D eigenvalue weighted by atomic mass is 9.70. The molecule has 0 spiro atoms. The summed E-state index contributed by atoms with van der Waals surface area (Å²) in [7, 11) is 0. The summed E-state index contributed by atoms with van der Waals surface area (Å²) in [6.45, 7) is 0.233. The van der Waals surface area contributed by atoms with Gasteiger partial charge in [0.05, 0.1) is 0 Å². The molecule has 3 aliphatic carbocycles. The molecule has 1 aromatic rings. The first-order valence-corrected chi connectivity index (χ1v) is 5.59. The van der Waals surface area contributed by atoms with Crippen LogP contribution in [0.5, 0.6) is 0 Å². The van der Waals surface area contributed by atoms with Gasteiger partial charge in [0, 0.05) is 18.8 Å². The van der Waals surface area contributed by atoms with Gasteiger partial charge in [0.15, 0.2) is 0 Å². The Hall–Kier alpha value is -1.36. The van der Waals surface area contributed by atoms with E-state index in [0.29, 0.717) is 5.92 Å². The van der Waals surface area contributed by atoms with Crippen molar-refractivity contribution in [2.45, 2.75) is 25.3 Å². The molecule has 0 amide bonds. The Morgan fingerprint density at radius 1 is 1.56 bits per heavy atom. The summed E-state index contributed by atoms with van der Waals surface area (Å²) in [5, 5.41) is 9.32. The predicted octanol–water partition coefficient (Wildman–Crippen LogP) is 0.159. The van der Waals surface area contributed by atoms with E-state index in [4.69, 9.17) is 5.73 Å². The second kappa shape index (κ2) is 3.07. The minimum absolute atomic E-state index is 0.0795. The van der Waals surface area contributed by atoms with Crippen LogP contribution in [0.3, 0.4) is 0 Å². The van der Waals surface area contributed by atoms with Crippen molar-refractivity contribution in [3.63, 3.8) is 0 Å². The highest BCUT2D eigenvalue weighted by molar-refractivity contribution is 5.24. The molecule has 0 aromatic carbocycles. The Balaban J connectivity index is 1.93. The number of fused-ring (bicyclic) bond motifs is 1. The highest BCUT2D eigenvalue weighted by Gasteiger charge is 2.56. The van der Waals surface area contributed by atoms with Gasteiger partial charge in [0.1, 0.15) is 5.82 Å². The van der Waals surface area contributed by atoms with Crippen LogP contribution < -0.4 is 11.4 Å². The first-order valence-electron chi connectivity index (χ1n) is 5.59. The van der Waals surface area contributed by atoms with Gasteiger partial charge in [-0.1, -0.05) is 0 Å². The lowest BCUT2D eigenvalue weighted by Crippen LogP contribution is -2.32. The Morgan fingerprint density at radius 3 is 2.88 bits per heavy atom. The van der Waals surface area contributed by atoms with E-state index in [1.165, 1.54) is 0 Å². The number of nitrogen functional groups attached to an aromatic ring is 1. The van der Waals surface area contributed by atoms with Gasteiger partial charge < -0.3 is 10.8 Å². The zero-order chi connectivity index (χ0) is 11.3. The first-order chi connectivity index (χ1) is 7.63. The summed E-state index contributed by atoms with van der Waals surface area (Å²) in [4.78, 5) is 15.4. The number of anilines is 1. The lowest BCUT2D eigenvalue weighted by molar-refractivity contribution is 0.0545. The van der Waals surface area contributed by atoms with Crippen LogP contribution >= 0.6 is 0 Å². The third kappa shape index (κ3) is 1.21. The fourth-order valence-electron chi connectivity index (χ4n) is 3.30. The molecular weight excluding hydrogens is 206 g/mol. The number of nitrogens with zero attached hydrogens (tertiary/aromatic N) is 2. The monoisotopic (exact) mass is 221 g/mol. The Kier molecular flexibility index (Phi) is 1.89. The van der Waals surface area contributed by atoms with E-state index in [1.54, 1.807) is 16.8 Å². The second-order valence-corrected chi connectivity index (χ2v) is 5.14. The zero-order valence-electron chi connectivity index (χ0n) is 8.97. The SMILES string of the molecule is Nc1ccn([C@@H]2CC3(CO)CC2C3)c(=O)n1. The predicted molar refractivity (Wildman–Crippen MR) is 58.8 cm³/mol. The minimum Gasteiger partial charge on any atom is -0.396 e. The molecule has 5 heteroatoms. The van der Waals surface area contributed by atoms with Crippen LogP contribution in [-0.2, 0) is 0 Å². The number of nitrogens with two attached hydrogens (primary N) is 1. The number of rotatable bonds is 2. The molecule has 0 radical (unpaired) electrons. The molecule has 2 bridgehead atoms. The van der Waals surface area contributed by atoms with Crippen LogP contribution in [0.15, 0.2) is 17.1 Å². The third-order valence-electron chi connectivity index (χ3n) is 4.12. The standard InChI is InChI=1S/C11H15N3O2/c12-9-1-2-14(10(16)13-9)8-5-11(6-15)3-7(8)4-11/h1-2,7-8,15H,3-6H2,(H2,12,13,16)/t7?,8-,11?/m1/s1. The highest BCUT2D eigenvalue weighted by atomic mass is 16.3. The van der Waals surface area contributed by atoms with Crippen molar-refractivity contribution in [2.24, 2.45) is 11.3 Å². The Morgan fingerprint density at radius 2 is 2.31 bits per heavy atom. The van der Waals surface area contributed by atoms with Crippen molar-refractivity contribution in [1.29, 1.82) is 0 Å². The molecule has 86 valence electrons. The summed E-state index contributed by atoms with van der Waals surface area (Å²) in [6.07, 6.45) is 4.68. The second-order valence-electron chi connectivity index (χ2n) is 5.14. The van der Waals surface area contributed by atoms with Crippen molar-refractivity contribution in [3.05, 3.63) is 22.7 Å². The van der Waals surface area contributed by atoms with Crippen molar-refractivity contribution >= 4 is 5.82 Å². The van der Waals surface area contributed by atoms with Gasteiger partial charge >= 0.3 is 5.69 Å². The molecule has 3 aliphatic rings. The molecule has 0 unspecified atom stereocenters. The number of hydrogen-bond donors (Lipinski definition) is 2. The van der Waals surface area contributed by atoms with E-state index in [9.17, 15) is 9.90 Å². The number of hydrogen-bond acceptors (Lipinski definition) is 4. The van der Waals surface area contributed by atoms with E-state index >= 15 is 0 Å². The Labute approximate surface area is 92.9 Å². The maximum atomic E-state index is 11.7. The molecule has 5 nitrogen and oxygen atoms in total. The highest BCUT2D eigenvalue weighted by Crippen LogP contribution is 2.62. The van der Waals surface area contributed by atoms with Crippen molar-refractivity contribution < 1.29 is 5.11 Å². The van der Waals surface area contributed by atoms with E-state index < -0.39 is 0 Å². The molecule has 0 aliphatic heterocycles. The molecule has 1 heterocycles. The summed E-state index contributed by atoms with van der Waals surface area (Å²) in [5.41, 5.74) is 5.27. The van der Waals surface area contributed by atoms with Gasteiger partial charge in [-0.15, -0.1) is 0 Å². The number of aliphatic hydroxyl groups is 1. The van der Waals surface area contributed by atoms with E-state index in [2.05, 4.69) is 4.98 Å². The van der Waals surface area contributed by atoms with Crippen LogP contribution in [0.1, 0.15) is 25.3 Å². The van der Waals surface area contributed by atoms with E-state index in [-0.39, 0.29) is 29.6 Å². The number of aromatic nitrogens is 2. The number of aliphatic hydroxyl groups excluding tert-OH is 1. The van der Waals surface area contributed by atoms with Gasteiger partial charge in [0.25, 0.3) is 0 Å². The minimum atomic E-state index is -0.273. The van der Waals surface area contributed by atoms with Crippen LogP contribution in [0.2, 0.25) is 0 Å². The average Bonchev–Trinajstić information content (AvgIpc) is 2.71. The smallest absolute Gasteiger partial charge is 0.349 e. The molecule has 1 atom stereocenters. The maximum absolute atomic E-state index is 11.7. The van der Waals surface area contributed by atoms with Gasteiger partial charge in [-0.05, 0) is 36.7 Å². The topological polar surface area (TPSA) is 81.1 Å². The summed E-state index contributed by atoms with van der Waals surface area (Å²) in [5.74, 6) is 0.790. The summed E-state index contributed by atoms with van der Waals surface area (Å²) < 4.78 is 1.67. The molecule has 1 aromatic heterocycles. The van der Waals surface area contributed by atoms with Gasteiger partial charge in [-0.2, -0.15) is 4.98 Å². The molecule has 3 saturated carbocycles. The zero-order valence-corrected chi connectivity index (χ0v) is 8.97. The van der Waals surface area contributed by atoms with Crippen LogP contribution in [0.25, 0.3) is 0 Å². The lowest BCUT2D eigenvalue weighted by Gasteiger charge is -2.36. The first kappa shape index (κ1) is 9.84. The molecule has 3 fully saturated rings. The Bertz CT molecular complexity index is 476. The van der Waals surface area contributed by atoms with Gasteiger partial charge in [-0.3, -0.25) is 4.57 Å². The molecule has 4 rings (SSSR count). The maximum Gasteiger partial charge on any atom is 0.349 e. The van der Waals surface area contributed by atoms with Crippen LogP contribution in [0, 0.1) is 11.3 Å². The van der Waals surface area contributed by atoms with E-state index in [0.717, 1.165) is 19.3 Å². The quantitative estimate of drug-likeness (QED) is 0.745. The molecular formula is C11H15N3O2. The van der Waals surface area contributed by atoms with Gasteiger partial charge in [0.2, 0.25) is 0 Å². The van der Waals surface area contributed by atoms with Crippen LogP contribution in [-0.4, -0.2) is 21.3 Å². The largest absolute Gasteiger partial charge is 0.396 e. The van der Waals surface area contributed by atoms with Gasteiger partial charge in [-0.25, -0.2) is 4.79 Å². The van der Waals surface area contributed by atoms with Crippen LogP contribution in [0.4, 0.5) is 5.82 Å².